The molecule has 2 unspecified atom stereocenters. The van der Waals surface area contributed by atoms with Crippen molar-refractivity contribution in [2.45, 2.75) is 57.2 Å². The first-order valence-corrected chi connectivity index (χ1v) is 8.49. The highest BCUT2D eigenvalue weighted by atomic mass is 16.5. The van der Waals surface area contributed by atoms with Crippen molar-refractivity contribution in [2.75, 3.05) is 13.2 Å². The van der Waals surface area contributed by atoms with Crippen LogP contribution in [0.5, 0.6) is 0 Å². The molecular weight excluding hydrogens is 276 g/mol. The molecule has 0 radical (unpaired) electrons. The number of morpholine rings is 1. The van der Waals surface area contributed by atoms with Crippen molar-refractivity contribution in [3.8, 4) is 0 Å². The molecule has 1 aliphatic carbocycles. The van der Waals surface area contributed by atoms with Gasteiger partial charge in [-0.25, -0.2) is 4.79 Å². The molecule has 2 fully saturated rings. The number of nitrogens with zero attached hydrogens (tertiary/aromatic N) is 1. The Morgan fingerprint density at radius 1 is 1.18 bits per heavy atom. The molecule has 0 bridgehead atoms. The highest BCUT2D eigenvalue weighted by Crippen LogP contribution is 2.28. The Hall–Kier alpha value is -1.55. The van der Waals surface area contributed by atoms with Crippen LogP contribution in [0.1, 0.15) is 50.7 Å². The van der Waals surface area contributed by atoms with Crippen LogP contribution in [0.2, 0.25) is 0 Å². The van der Waals surface area contributed by atoms with Crippen molar-refractivity contribution >= 4 is 6.03 Å². The third-order valence-corrected chi connectivity index (χ3v) is 4.88. The molecule has 0 aromatic heterocycles. The molecule has 2 aliphatic rings. The van der Waals surface area contributed by atoms with Crippen molar-refractivity contribution in [3.63, 3.8) is 0 Å². The number of hydrogen-bond donors (Lipinski definition) is 1. The van der Waals surface area contributed by atoms with Crippen LogP contribution in [-0.4, -0.2) is 36.2 Å². The lowest BCUT2D eigenvalue weighted by atomic mass is 9.95. The summed E-state index contributed by atoms with van der Waals surface area (Å²) in [7, 11) is 0. The Morgan fingerprint density at radius 3 is 2.64 bits per heavy atom. The van der Waals surface area contributed by atoms with Gasteiger partial charge in [0.2, 0.25) is 0 Å². The third kappa shape index (κ3) is 3.43. The van der Waals surface area contributed by atoms with E-state index in [1.54, 1.807) is 0 Å². The molecule has 1 aromatic carbocycles. The Kier molecular flexibility index (Phi) is 4.98. The summed E-state index contributed by atoms with van der Waals surface area (Å²) in [6, 6.07) is 10.7. The minimum atomic E-state index is -0.0351. The molecule has 2 atom stereocenters. The molecule has 4 heteroatoms. The largest absolute Gasteiger partial charge is 0.370 e. The summed E-state index contributed by atoms with van der Waals surface area (Å²) in [5.41, 5.74) is 1.14. The predicted molar refractivity (Wildman–Crippen MR) is 86.7 cm³/mol. The average molecular weight is 302 g/mol. The van der Waals surface area contributed by atoms with Crippen molar-refractivity contribution < 1.29 is 9.53 Å². The van der Waals surface area contributed by atoms with E-state index >= 15 is 0 Å². The van der Waals surface area contributed by atoms with E-state index in [-0.39, 0.29) is 18.2 Å². The van der Waals surface area contributed by atoms with Crippen LogP contribution in [0.4, 0.5) is 4.79 Å². The Labute approximate surface area is 132 Å². The van der Waals surface area contributed by atoms with Gasteiger partial charge in [0.25, 0.3) is 0 Å². The molecular formula is C18H26N2O2. The van der Waals surface area contributed by atoms with Gasteiger partial charge in [-0.3, -0.25) is 0 Å². The van der Waals surface area contributed by atoms with Crippen LogP contribution in [0.15, 0.2) is 30.3 Å². The SMILES string of the molecule is CC1C(c2ccccc2)OCCN1C(=O)NC1CCCCC1. The maximum atomic E-state index is 12.6. The molecule has 120 valence electrons. The Balaban J connectivity index is 1.64. The molecule has 1 N–H and O–H groups in total. The maximum absolute atomic E-state index is 12.6. The molecule has 0 spiro atoms. The van der Waals surface area contributed by atoms with Crippen molar-refractivity contribution in [1.29, 1.82) is 0 Å². The number of carbonyl (C=O) groups excluding carboxylic acids is 1. The van der Waals surface area contributed by atoms with E-state index in [0.29, 0.717) is 19.2 Å². The molecule has 2 amide bonds. The van der Waals surface area contributed by atoms with Crippen LogP contribution in [0.25, 0.3) is 0 Å². The van der Waals surface area contributed by atoms with E-state index < -0.39 is 0 Å². The number of rotatable bonds is 2. The second-order valence-electron chi connectivity index (χ2n) is 6.42. The topological polar surface area (TPSA) is 41.6 Å². The zero-order chi connectivity index (χ0) is 15.4. The van der Waals surface area contributed by atoms with E-state index in [1.807, 2.05) is 23.1 Å². The van der Waals surface area contributed by atoms with Crippen molar-refractivity contribution in [3.05, 3.63) is 35.9 Å². The minimum Gasteiger partial charge on any atom is -0.370 e. The van der Waals surface area contributed by atoms with Gasteiger partial charge in [-0.2, -0.15) is 0 Å². The molecule has 4 nitrogen and oxygen atoms in total. The lowest BCUT2D eigenvalue weighted by Crippen LogP contribution is -2.54. The predicted octanol–water partition coefficient (Wildman–Crippen LogP) is 3.49. The second kappa shape index (κ2) is 7.14. The van der Waals surface area contributed by atoms with Gasteiger partial charge >= 0.3 is 6.03 Å². The van der Waals surface area contributed by atoms with E-state index in [1.165, 1.54) is 19.3 Å². The van der Waals surface area contributed by atoms with E-state index in [9.17, 15) is 4.79 Å². The highest BCUT2D eigenvalue weighted by Gasteiger charge is 2.33. The number of benzene rings is 1. The molecule has 1 heterocycles. The van der Waals surface area contributed by atoms with Gasteiger partial charge in [0.15, 0.2) is 0 Å². The smallest absolute Gasteiger partial charge is 0.318 e. The first-order valence-electron chi connectivity index (χ1n) is 8.49. The first kappa shape index (κ1) is 15.3. The summed E-state index contributed by atoms with van der Waals surface area (Å²) in [4.78, 5) is 14.6. The van der Waals surface area contributed by atoms with Crippen molar-refractivity contribution in [2.24, 2.45) is 0 Å². The van der Waals surface area contributed by atoms with Gasteiger partial charge in [0.1, 0.15) is 6.10 Å². The van der Waals surface area contributed by atoms with Gasteiger partial charge in [0, 0.05) is 12.6 Å². The molecule has 22 heavy (non-hydrogen) atoms. The summed E-state index contributed by atoms with van der Waals surface area (Å²) in [5, 5.41) is 3.22. The van der Waals surface area contributed by atoms with Gasteiger partial charge in [-0.15, -0.1) is 0 Å². The highest BCUT2D eigenvalue weighted by molar-refractivity contribution is 5.75. The number of amides is 2. The van der Waals surface area contributed by atoms with Gasteiger partial charge in [0.05, 0.1) is 12.6 Å². The number of nitrogens with one attached hydrogen (secondary N) is 1. The fraction of sp³-hybridized carbons (Fsp3) is 0.611. The number of urea groups is 1. The lowest BCUT2D eigenvalue weighted by Gasteiger charge is -2.40. The molecule has 1 saturated heterocycles. The molecule has 1 aromatic rings. The first-order chi connectivity index (χ1) is 10.8. The quantitative estimate of drug-likeness (QED) is 0.908. The summed E-state index contributed by atoms with van der Waals surface area (Å²) < 4.78 is 5.92. The zero-order valence-electron chi connectivity index (χ0n) is 13.3. The van der Waals surface area contributed by atoms with Crippen LogP contribution in [-0.2, 0) is 4.74 Å². The van der Waals surface area contributed by atoms with Gasteiger partial charge in [-0.05, 0) is 25.3 Å². The Morgan fingerprint density at radius 2 is 1.91 bits per heavy atom. The fourth-order valence-electron chi connectivity index (χ4n) is 3.59. The molecule has 1 saturated carbocycles. The zero-order valence-corrected chi connectivity index (χ0v) is 13.3. The van der Waals surface area contributed by atoms with Crippen LogP contribution >= 0.6 is 0 Å². The van der Waals surface area contributed by atoms with Crippen molar-refractivity contribution in [1.82, 2.24) is 10.2 Å². The second-order valence-corrected chi connectivity index (χ2v) is 6.42. The van der Waals surface area contributed by atoms with Gasteiger partial charge < -0.3 is 15.0 Å². The van der Waals surface area contributed by atoms with E-state index in [4.69, 9.17) is 4.74 Å². The standard InChI is InChI=1S/C18H26N2O2/c1-14-17(15-8-4-2-5-9-15)22-13-12-20(14)18(21)19-16-10-6-3-7-11-16/h2,4-5,8-9,14,16-17H,3,6-7,10-13H2,1H3,(H,19,21). The summed E-state index contributed by atoms with van der Waals surface area (Å²) in [5.74, 6) is 0. The van der Waals surface area contributed by atoms with Crippen LogP contribution in [0, 0.1) is 0 Å². The summed E-state index contributed by atoms with van der Waals surface area (Å²) in [6.45, 7) is 3.35. The maximum Gasteiger partial charge on any atom is 0.318 e. The number of ether oxygens (including phenoxy) is 1. The monoisotopic (exact) mass is 302 g/mol. The fourth-order valence-corrected chi connectivity index (χ4v) is 3.59. The summed E-state index contributed by atoms with van der Waals surface area (Å²) >= 11 is 0. The average Bonchev–Trinajstić information content (AvgIpc) is 2.56. The van der Waals surface area contributed by atoms with E-state index in [2.05, 4.69) is 24.4 Å². The molecule has 3 rings (SSSR count). The lowest BCUT2D eigenvalue weighted by molar-refractivity contribution is -0.0502. The van der Waals surface area contributed by atoms with Crippen LogP contribution < -0.4 is 5.32 Å². The van der Waals surface area contributed by atoms with Gasteiger partial charge in [-0.1, -0.05) is 49.6 Å². The number of hydrogen-bond acceptors (Lipinski definition) is 2. The summed E-state index contributed by atoms with van der Waals surface area (Å²) in [6.07, 6.45) is 5.97. The number of carbonyl (C=O) groups is 1. The normalized spacial score (nSPS) is 26.7. The third-order valence-electron chi connectivity index (χ3n) is 4.88. The van der Waals surface area contributed by atoms with E-state index in [0.717, 1.165) is 18.4 Å². The molecule has 1 aliphatic heterocycles. The van der Waals surface area contributed by atoms with Crippen LogP contribution in [0.3, 0.4) is 0 Å². The minimum absolute atomic E-state index is 0.0351. The Bertz CT molecular complexity index is 485.